The summed E-state index contributed by atoms with van der Waals surface area (Å²) in [5.41, 5.74) is 1.87. The third kappa shape index (κ3) is 4.87. The second kappa shape index (κ2) is 8.66. The number of halogens is 3. The molecule has 0 fully saturated rings. The fourth-order valence-corrected chi connectivity index (χ4v) is 4.78. The molecule has 0 aliphatic carbocycles. The molecule has 7 nitrogen and oxygen atoms in total. The van der Waals surface area contributed by atoms with E-state index in [0.717, 1.165) is 34.0 Å². The summed E-state index contributed by atoms with van der Waals surface area (Å²) < 4.78 is 69.8. The number of nitrogens with one attached hydrogen (secondary N) is 2. The number of pyridine rings is 1. The largest absolute Gasteiger partial charge is 0.573 e. The van der Waals surface area contributed by atoms with Crippen LogP contribution in [0.2, 0.25) is 0 Å². The van der Waals surface area contributed by atoms with Gasteiger partial charge in [0.05, 0.1) is 5.52 Å². The molecule has 0 saturated heterocycles. The van der Waals surface area contributed by atoms with Crippen molar-refractivity contribution in [3.8, 4) is 5.75 Å². The van der Waals surface area contributed by atoms with E-state index in [1.54, 1.807) is 0 Å². The first-order valence-corrected chi connectivity index (χ1v) is 11.3. The number of benzene rings is 2. The van der Waals surface area contributed by atoms with Gasteiger partial charge in [-0.2, -0.15) is 0 Å². The number of aromatic nitrogens is 2. The molecule has 0 radical (unpaired) electrons. The molecule has 2 aromatic heterocycles. The van der Waals surface area contributed by atoms with Gasteiger partial charge >= 0.3 is 6.36 Å². The molecule has 0 bridgehead atoms. The Labute approximate surface area is 187 Å². The Morgan fingerprint density at radius 3 is 2.55 bits per heavy atom. The minimum atomic E-state index is -5.04. The number of ether oxygens (including phenoxy) is 1. The Kier molecular flexibility index (Phi) is 5.90. The number of anilines is 3. The van der Waals surface area contributed by atoms with Crippen LogP contribution in [0.15, 0.2) is 78.0 Å². The molecular formula is C22H19F3N4O3S. The standard InChI is InChI=1S/C22H19F3N4O3S/c1-2-26-16-6-5-7-17(12-16)28-21-13-18-15(14-27-21)10-11-29(18)33(30,31)20-9-4-3-8-19(20)32-22(23,24)25/h3-14,26H,2H2,1H3,(H,27,28). The second-order valence-corrected chi connectivity index (χ2v) is 8.76. The highest BCUT2D eigenvalue weighted by Crippen LogP contribution is 2.32. The van der Waals surface area contributed by atoms with Gasteiger partial charge in [0.2, 0.25) is 0 Å². The Hall–Kier alpha value is -3.73. The van der Waals surface area contributed by atoms with Gasteiger partial charge in [0.15, 0.2) is 0 Å². The molecule has 0 spiro atoms. The van der Waals surface area contributed by atoms with Crippen molar-refractivity contribution < 1.29 is 26.3 Å². The van der Waals surface area contributed by atoms with Gasteiger partial charge in [0.1, 0.15) is 16.5 Å². The number of fused-ring (bicyclic) bond motifs is 1. The number of nitrogens with zero attached hydrogens (tertiary/aromatic N) is 2. The van der Waals surface area contributed by atoms with Crippen LogP contribution in [-0.2, 0) is 10.0 Å². The fourth-order valence-electron chi connectivity index (χ4n) is 3.32. The van der Waals surface area contributed by atoms with Gasteiger partial charge in [-0.3, -0.25) is 0 Å². The zero-order valence-electron chi connectivity index (χ0n) is 17.3. The van der Waals surface area contributed by atoms with E-state index < -0.39 is 27.0 Å². The third-order valence-electron chi connectivity index (χ3n) is 4.67. The lowest BCUT2D eigenvalue weighted by molar-refractivity contribution is -0.275. The Balaban J connectivity index is 1.73. The lowest BCUT2D eigenvalue weighted by Gasteiger charge is -2.14. The second-order valence-electron chi connectivity index (χ2n) is 6.98. The van der Waals surface area contributed by atoms with E-state index in [4.69, 9.17) is 0 Å². The zero-order valence-corrected chi connectivity index (χ0v) is 18.1. The molecule has 33 heavy (non-hydrogen) atoms. The van der Waals surface area contributed by atoms with Crippen LogP contribution in [0.1, 0.15) is 6.92 Å². The minimum Gasteiger partial charge on any atom is -0.404 e. The maximum absolute atomic E-state index is 13.3. The molecule has 0 aliphatic heterocycles. The molecule has 2 N–H and O–H groups in total. The van der Waals surface area contributed by atoms with Crippen molar-refractivity contribution in [2.75, 3.05) is 17.2 Å². The summed E-state index contributed by atoms with van der Waals surface area (Å²) >= 11 is 0. The van der Waals surface area contributed by atoms with Crippen LogP contribution in [0.5, 0.6) is 5.75 Å². The van der Waals surface area contributed by atoms with Crippen molar-refractivity contribution in [1.29, 1.82) is 0 Å². The molecule has 172 valence electrons. The number of rotatable bonds is 7. The fraction of sp³-hybridized carbons (Fsp3) is 0.136. The number of alkyl halides is 3. The van der Waals surface area contributed by atoms with Crippen LogP contribution in [0.25, 0.3) is 10.9 Å². The summed E-state index contributed by atoms with van der Waals surface area (Å²) in [6.07, 6.45) is -2.29. The normalized spacial score (nSPS) is 12.0. The zero-order chi connectivity index (χ0) is 23.6. The van der Waals surface area contributed by atoms with Crippen molar-refractivity contribution in [3.63, 3.8) is 0 Å². The minimum absolute atomic E-state index is 0.247. The van der Waals surface area contributed by atoms with Gasteiger partial charge in [0.25, 0.3) is 10.0 Å². The van der Waals surface area contributed by atoms with Crippen molar-refractivity contribution in [2.45, 2.75) is 18.2 Å². The third-order valence-corrected chi connectivity index (χ3v) is 6.40. The summed E-state index contributed by atoms with van der Waals surface area (Å²) in [4.78, 5) is 3.69. The van der Waals surface area contributed by atoms with Gasteiger partial charge in [-0.1, -0.05) is 18.2 Å². The first-order valence-electron chi connectivity index (χ1n) is 9.86. The van der Waals surface area contributed by atoms with E-state index in [2.05, 4.69) is 20.4 Å². The first-order chi connectivity index (χ1) is 15.7. The summed E-state index contributed by atoms with van der Waals surface area (Å²) in [6, 6.07) is 15.1. The lowest BCUT2D eigenvalue weighted by atomic mass is 10.2. The SMILES string of the molecule is CCNc1cccc(Nc2cc3c(ccn3S(=O)(=O)c3ccccc3OC(F)(F)F)cn2)c1. The van der Waals surface area contributed by atoms with Crippen LogP contribution < -0.4 is 15.4 Å². The summed E-state index contributed by atoms with van der Waals surface area (Å²) in [5, 5.41) is 6.80. The molecule has 11 heteroatoms. The van der Waals surface area contributed by atoms with Gasteiger partial charge < -0.3 is 15.4 Å². The van der Waals surface area contributed by atoms with E-state index in [1.807, 2.05) is 31.2 Å². The van der Waals surface area contributed by atoms with E-state index in [1.165, 1.54) is 36.7 Å². The van der Waals surface area contributed by atoms with E-state index >= 15 is 0 Å². The van der Waals surface area contributed by atoms with Crippen LogP contribution in [0.4, 0.5) is 30.4 Å². The lowest BCUT2D eigenvalue weighted by Crippen LogP contribution is -2.20. The number of hydrogen-bond donors (Lipinski definition) is 2. The average Bonchev–Trinajstić information content (AvgIpc) is 3.17. The van der Waals surface area contributed by atoms with Crippen molar-refractivity contribution in [1.82, 2.24) is 8.96 Å². The van der Waals surface area contributed by atoms with Crippen molar-refractivity contribution >= 4 is 38.1 Å². The maximum Gasteiger partial charge on any atom is 0.573 e. The van der Waals surface area contributed by atoms with Gasteiger partial charge in [-0.25, -0.2) is 17.4 Å². The van der Waals surface area contributed by atoms with Gasteiger partial charge in [0, 0.05) is 41.8 Å². The molecule has 2 aromatic carbocycles. The quantitative estimate of drug-likeness (QED) is 0.374. The van der Waals surface area contributed by atoms with Crippen LogP contribution in [0, 0.1) is 0 Å². The van der Waals surface area contributed by atoms with Gasteiger partial charge in [-0.15, -0.1) is 13.2 Å². The first kappa shape index (κ1) is 22.5. The summed E-state index contributed by atoms with van der Waals surface area (Å²) in [7, 11) is -4.40. The highest BCUT2D eigenvalue weighted by molar-refractivity contribution is 7.90. The Morgan fingerprint density at radius 2 is 1.79 bits per heavy atom. The van der Waals surface area contributed by atoms with Crippen molar-refractivity contribution in [3.05, 3.63) is 73.1 Å². The Morgan fingerprint density at radius 1 is 1.03 bits per heavy atom. The average molecular weight is 476 g/mol. The topological polar surface area (TPSA) is 85.2 Å². The molecule has 0 aliphatic rings. The van der Waals surface area contributed by atoms with Gasteiger partial charge in [-0.05, 0) is 43.3 Å². The van der Waals surface area contributed by atoms with E-state index in [9.17, 15) is 21.6 Å². The smallest absolute Gasteiger partial charge is 0.404 e. The monoisotopic (exact) mass is 476 g/mol. The maximum atomic E-state index is 13.3. The molecule has 0 unspecified atom stereocenters. The number of para-hydroxylation sites is 1. The number of hydrogen-bond acceptors (Lipinski definition) is 6. The molecule has 0 saturated carbocycles. The molecular weight excluding hydrogens is 457 g/mol. The Bertz CT molecular complexity index is 1400. The molecule has 2 heterocycles. The molecule has 4 aromatic rings. The highest BCUT2D eigenvalue weighted by Gasteiger charge is 2.34. The summed E-state index contributed by atoms with van der Waals surface area (Å²) in [5.74, 6) is -0.439. The molecule has 0 amide bonds. The van der Waals surface area contributed by atoms with Crippen LogP contribution in [-0.4, -0.2) is 30.3 Å². The van der Waals surface area contributed by atoms with Crippen LogP contribution in [0.3, 0.4) is 0 Å². The molecule has 0 atom stereocenters. The van der Waals surface area contributed by atoms with E-state index in [-0.39, 0.29) is 5.52 Å². The predicted molar refractivity (Wildman–Crippen MR) is 119 cm³/mol. The molecule has 4 rings (SSSR count). The van der Waals surface area contributed by atoms with E-state index in [0.29, 0.717) is 11.2 Å². The highest BCUT2D eigenvalue weighted by atomic mass is 32.2. The predicted octanol–water partition coefficient (Wildman–Crippen LogP) is 5.35. The van der Waals surface area contributed by atoms with Crippen molar-refractivity contribution in [2.24, 2.45) is 0 Å². The summed E-state index contributed by atoms with van der Waals surface area (Å²) in [6.45, 7) is 2.72. The van der Waals surface area contributed by atoms with Crippen LogP contribution >= 0.6 is 0 Å².